The zero-order valence-electron chi connectivity index (χ0n) is 7.97. The molecule has 0 saturated heterocycles. The SMILES string of the molecule is CC(C)(N)Cc1ccc(Br)c(N)c1. The molecule has 72 valence electrons. The van der Waals surface area contributed by atoms with Crippen LogP contribution >= 0.6 is 15.9 Å². The molecule has 1 aromatic carbocycles. The summed E-state index contributed by atoms with van der Waals surface area (Å²) in [7, 11) is 0. The Bertz CT molecular complexity index is 302. The van der Waals surface area contributed by atoms with Crippen molar-refractivity contribution >= 4 is 21.6 Å². The summed E-state index contributed by atoms with van der Waals surface area (Å²) in [6.45, 7) is 4.01. The number of rotatable bonds is 2. The van der Waals surface area contributed by atoms with Crippen molar-refractivity contribution in [3.05, 3.63) is 28.2 Å². The number of nitrogen functional groups attached to an aromatic ring is 1. The maximum Gasteiger partial charge on any atom is 0.0461 e. The second kappa shape index (κ2) is 3.68. The molecule has 0 fully saturated rings. The zero-order valence-corrected chi connectivity index (χ0v) is 9.56. The van der Waals surface area contributed by atoms with Crippen LogP contribution in [-0.4, -0.2) is 5.54 Å². The second-order valence-electron chi connectivity index (χ2n) is 4.02. The van der Waals surface area contributed by atoms with Crippen LogP contribution in [0.25, 0.3) is 0 Å². The molecule has 0 saturated carbocycles. The summed E-state index contributed by atoms with van der Waals surface area (Å²) in [6, 6.07) is 5.95. The third-order valence-corrected chi connectivity index (χ3v) is 2.44. The third kappa shape index (κ3) is 3.36. The fourth-order valence-electron chi connectivity index (χ4n) is 1.23. The van der Waals surface area contributed by atoms with Crippen LogP contribution in [0.1, 0.15) is 19.4 Å². The fraction of sp³-hybridized carbons (Fsp3) is 0.400. The largest absolute Gasteiger partial charge is 0.398 e. The Morgan fingerprint density at radius 3 is 2.46 bits per heavy atom. The smallest absolute Gasteiger partial charge is 0.0461 e. The van der Waals surface area contributed by atoms with E-state index < -0.39 is 0 Å². The first-order valence-corrected chi connectivity index (χ1v) is 5.00. The molecular formula is C10H15BrN2. The maximum atomic E-state index is 5.90. The Labute approximate surface area is 87.4 Å². The number of hydrogen-bond donors (Lipinski definition) is 2. The van der Waals surface area contributed by atoms with Gasteiger partial charge in [0.25, 0.3) is 0 Å². The van der Waals surface area contributed by atoms with Gasteiger partial charge in [0.1, 0.15) is 0 Å². The lowest BCUT2D eigenvalue weighted by molar-refractivity contribution is 0.517. The van der Waals surface area contributed by atoms with Crippen LogP contribution in [0.3, 0.4) is 0 Å². The average Bonchev–Trinajstić information content (AvgIpc) is 1.94. The van der Waals surface area contributed by atoms with Gasteiger partial charge in [-0.3, -0.25) is 0 Å². The van der Waals surface area contributed by atoms with Crippen molar-refractivity contribution in [3.8, 4) is 0 Å². The lowest BCUT2D eigenvalue weighted by Crippen LogP contribution is -2.34. The van der Waals surface area contributed by atoms with Crippen LogP contribution in [-0.2, 0) is 6.42 Å². The van der Waals surface area contributed by atoms with Crippen molar-refractivity contribution in [2.24, 2.45) is 5.73 Å². The van der Waals surface area contributed by atoms with Gasteiger partial charge in [0, 0.05) is 15.7 Å². The van der Waals surface area contributed by atoms with E-state index in [1.165, 1.54) is 5.56 Å². The van der Waals surface area contributed by atoms with E-state index in [0.717, 1.165) is 16.6 Å². The quantitative estimate of drug-likeness (QED) is 0.783. The van der Waals surface area contributed by atoms with Crippen molar-refractivity contribution in [3.63, 3.8) is 0 Å². The topological polar surface area (TPSA) is 52.0 Å². The Morgan fingerprint density at radius 1 is 1.38 bits per heavy atom. The minimum absolute atomic E-state index is 0.180. The highest BCUT2D eigenvalue weighted by atomic mass is 79.9. The number of halogens is 1. The van der Waals surface area contributed by atoms with Gasteiger partial charge in [-0.1, -0.05) is 6.07 Å². The van der Waals surface area contributed by atoms with Crippen molar-refractivity contribution in [1.29, 1.82) is 0 Å². The van der Waals surface area contributed by atoms with Crippen molar-refractivity contribution in [2.45, 2.75) is 25.8 Å². The molecule has 0 aliphatic heterocycles. The number of nitrogens with two attached hydrogens (primary N) is 2. The van der Waals surface area contributed by atoms with Crippen molar-refractivity contribution < 1.29 is 0 Å². The Balaban J connectivity index is 2.86. The van der Waals surface area contributed by atoms with Gasteiger partial charge in [0.05, 0.1) is 0 Å². The normalized spacial score (nSPS) is 11.7. The summed E-state index contributed by atoms with van der Waals surface area (Å²) in [5.74, 6) is 0. The summed E-state index contributed by atoms with van der Waals surface area (Å²) in [4.78, 5) is 0. The molecule has 1 aromatic rings. The van der Waals surface area contributed by atoms with E-state index in [0.29, 0.717) is 0 Å². The predicted molar refractivity (Wildman–Crippen MR) is 60.5 cm³/mol. The summed E-state index contributed by atoms with van der Waals surface area (Å²) < 4.78 is 0.936. The molecule has 0 unspecified atom stereocenters. The van der Waals surface area contributed by atoms with E-state index in [9.17, 15) is 0 Å². The molecule has 0 aliphatic carbocycles. The van der Waals surface area contributed by atoms with Gasteiger partial charge in [-0.15, -0.1) is 0 Å². The molecule has 0 bridgehead atoms. The minimum Gasteiger partial charge on any atom is -0.398 e. The van der Waals surface area contributed by atoms with Gasteiger partial charge < -0.3 is 11.5 Å². The summed E-state index contributed by atoms with van der Waals surface area (Å²) in [6.07, 6.45) is 0.838. The van der Waals surface area contributed by atoms with Gasteiger partial charge in [-0.2, -0.15) is 0 Å². The van der Waals surface area contributed by atoms with E-state index in [2.05, 4.69) is 15.9 Å². The van der Waals surface area contributed by atoms with Crippen LogP contribution in [0, 0.1) is 0 Å². The molecule has 0 aliphatic rings. The first-order chi connectivity index (χ1) is 5.88. The lowest BCUT2D eigenvalue weighted by atomic mass is 9.96. The Kier molecular flexibility index (Phi) is 2.98. The first kappa shape index (κ1) is 10.5. The molecule has 0 atom stereocenters. The summed E-state index contributed by atoms with van der Waals surface area (Å²) in [5, 5.41) is 0. The number of anilines is 1. The Hall–Kier alpha value is -0.540. The van der Waals surface area contributed by atoms with Gasteiger partial charge >= 0.3 is 0 Å². The van der Waals surface area contributed by atoms with Crippen LogP contribution in [0.4, 0.5) is 5.69 Å². The molecule has 4 N–H and O–H groups in total. The third-order valence-electron chi connectivity index (χ3n) is 1.72. The average molecular weight is 243 g/mol. The molecule has 13 heavy (non-hydrogen) atoms. The monoisotopic (exact) mass is 242 g/mol. The highest BCUT2D eigenvalue weighted by Crippen LogP contribution is 2.21. The van der Waals surface area contributed by atoms with E-state index in [-0.39, 0.29) is 5.54 Å². The summed E-state index contributed by atoms with van der Waals surface area (Å²) in [5.41, 5.74) is 13.4. The lowest BCUT2D eigenvalue weighted by Gasteiger charge is -2.18. The second-order valence-corrected chi connectivity index (χ2v) is 4.88. The zero-order chi connectivity index (χ0) is 10.1. The van der Waals surface area contributed by atoms with E-state index in [4.69, 9.17) is 11.5 Å². The van der Waals surface area contributed by atoms with E-state index in [1.54, 1.807) is 0 Å². The maximum absolute atomic E-state index is 5.90. The molecule has 2 nitrogen and oxygen atoms in total. The molecule has 0 heterocycles. The van der Waals surface area contributed by atoms with E-state index >= 15 is 0 Å². The summed E-state index contributed by atoms with van der Waals surface area (Å²) >= 11 is 3.35. The predicted octanol–water partition coefficient (Wildman–Crippen LogP) is 2.31. The Morgan fingerprint density at radius 2 is 2.00 bits per heavy atom. The molecule has 3 heteroatoms. The number of hydrogen-bond acceptors (Lipinski definition) is 2. The van der Waals surface area contributed by atoms with Gasteiger partial charge in [0.15, 0.2) is 0 Å². The van der Waals surface area contributed by atoms with Crippen LogP contribution in [0.15, 0.2) is 22.7 Å². The first-order valence-electron chi connectivity index (χ1n) is 4.21. The van der Waals surface area contributed by atoms with Gasteiger partial charge in [-0.05, 0) is 53.9 Å². The molecule has 0 amide bonds. The van der Waals surface area contributed by atoms with Crippen LogP contribution in [0.5, 0.6) is 0 Å². The highest BCUT2D eigenvalue weighted by molar-refractivity contribution is 9.10. The molecule has 0 aromatic heterocycles. The van der Waals surface area contributed by atoms with Crippen molar-refractivity contribution in [1.82, 2.24) is 0 Å². The molecule has 1 rings (SSSR count). The standard InChI is InChI=1S/C10H15BrN2/c1-10(2,13)6-7-3-4-8(11)9(12)5-7/h3-5H,6,12-13H2,1-2H3. The van der Waals surface area contributed by atoms with Gasteiger partial charge in [-0.25, -0.2) is 0 Å². The van der Waals surface area contributed by atoms with Crippen molar-refractivity contribution in [2.75, 3.05) is 5.73 Å². The van der Waals surface area contributed by atoms with Crippen LogP contribution in [0.2, 0.25) is 0 Å². The molecule has 0 spiro atoms. The van der Waals surface area contributed by atoms with Crippen LogP contribution < -0.4 is 11.5 Å². The highest BCUT2D eigenvalue weighted by Gasteiger charge is 2.11. The van der Waals surface area contributed by atoms with E-state index in [1.807, 2.05) is 32.0 Å². The number of benzene rings is 1. The molecular weight excluding hydrogens is 228 g/mol. The molecule has 0 radical (unpaired) electrons. The fourth-order valence-corrected chi connectivity index (χ4v) is 1.48. The minimum atomic E-state index is -0.180. The van der Waals surface area contributed by atoms with Gasteiger partial charge in [0.2, 0.25) is 0 Å².